The number of aryl methyl sites for hydroxylation is 2. The molecule has 2 aromatic carbocycles. The van der Waals surface area contributed by atoms with Gasteiger partial charge in [-0.3, -0.25) is 15.1 Å². The van der Waals surface area contributed by atoms with Gasteiger partial charge < -0.3 is 4.74 Å². The van der Waals surface area contributed by atoms with Gasteiger partial charge in [0, 0.05) is 16.3 Å². The molecular formula is C22H17F2N3O2S. The first-order valence-electron chi connectivity index (χ1n) is 9.10. The van der Waals surface area contributed by atoms with Crippen molar-refractivity contribution in [1.82, 2.24) is 9.97 Å². The molecule has 0 saturated heterocycles. The number of amides is 1. The SMILES string of the molecule is Cc1ccc2nc(C)c(C(=O)Nc3nc(-c4ccccc4OC(F)F)cs3)cc2c1. The second-order valence-corrected chi connectivity index (χ2v) is 7.54. The number of hydrogen-bond acceptors (Lipinski definition) is 5. The Hall–Kier alpha value is -3.39. The van der Waals surface area contributed by atoms with Crippen LogP contribution in [0.1, 0.15) is 21.6 Å². The minimum atomic E-state index is -2.93. The fourth-order valence-electron chi connectivity index (χ4n) is 3.12. The van der Waals surface area contributed by atoms with E-state index in [0.29, 0.717) is 27.6 Å². The van der Waals surface area contributed by atoms with E-state index in [-0.39, 0.29) is 11.7 Å². The molecule has 0 spiro atoms. The number of halogens is 2. The van der Waals surface area contributed by atoms with Gasteiger partial charge in [0.15, 0.2) is 5.13 Å². The van der Waals surface area contributed by atoms with Gasteiger partial charge in [-0.15, -0.1) is 11.3 Å². The Bertz CT molecular complexity index is 1240. The first kappa shape index (κ1) is 19.9. The zero-order chi connectivity index (χ0) is 21.3. The largest absolute Gasteiger partial charge is 0.434 e. The van der Waals surface area contributed by atoms with Crippen molar-refractivity contribution in [3.05, 3.63) is 70.7 Å². The predicted molar refractivity (Wildman–Crippen MR) is 113 cm³/mol. The quantitative estimate of drug-likeness (QED) is 0.437. The van der Waals surface area contributed by atoms with Crippen molar-refractivity contribution in [3.63, 3.8) is 0 Å². The van der Waals surface area contributed by atoms with E-state index >= 15 is 0 Å². The summed E-state index contributed by atoms with van der Waals surface area (Å²) in [6.07, 6.45) is 0. The van der Waals surface area contributed by atoms with Crippen molar-refractivity contribution in [2.75, 3.05) is 5.32 Å². The first-order chi connectivity index (χ1) is 14.4. The molecule has 4 rings (SSSR count). The number of benzene rings is 2. The molecule has 5 nitrogen and oxygen atoms in total. The smallest absolute Gasteiger partial charge is 0.387 e. The molecule has 1 amide bonds. The Morgan fingerprint density at radius 3 is 2.70 bits per heavy atom. The molecule has 0 bridgehead atoms. The number of nitrogens with zero attached hydrogens (tertiary/aromatic N) is 2. The number of nitrogens with one attached hydrogen (secondary N) is 1. The lowest BCUT2D eigenvalue weighted by molar-refractivity contribution is -0.0494. The fraction of sp³-hybridized carbons (Fsp3) is 0.136. The Kier molecular flexibility index (Phi) is 5.41. The molecule has 152 valence electrons. The number of fused-ring (bicyclic) bond motifs is 1. The summed E-state index contributed by atoms with van der Waals surface area (Å²) in [5.41, 5.74) is 3.82. The maximum atomic E-state index is 12.8. The number of carbonyl (C=O) groups excluding carboxylic acids is 1. The average Bonchev–Trinajstić information content (AvgIpc) is 3.16. The number of pyridine rings is 1. The van der Waals surface area contributed by atoms with Crippen molar-refractivity contribution < 1.29 is 18.3 Å². The maximum Gasteiger partial charge on any atom is 0.387 e. The topological polar surface area (TPSA) is 64.1 Å². The van der Waals surface area contributed by atoms with Crippen LogP contribution in [0.15, 0.2) is 53.9 Å². The first-order valence-corrected chi connectivity index (χ1v) is 9.98. The molecule has 0 aliphatic carbocycles. The highest BCUT2D eigenvalue weighted by molar-refractivity contribution is 7.14. The second-order valence-electron chi connectivity index (χ2n) is 6.68. The van der Waals surface area contributed by atoms with E-state index in [1.807, 2.05) is 25.1 Å². The summed E-state index contributed by atoms with van der Waals surface area (Å²) in [4.78, 5) is 21.7. The van der Waals surface area contributed by atoms with E-state index in [1.54, 1.807) is 36.6 Å². The number of aromatic nitrogens is 2. The molecule has 1 N–H and O–H groups in total. The third kappa shape index (κ3) is 4.13. The summed E-state index contributed by atoms with van der Waals surface area (Å²) in [5.74, 6) is -0.304. The molecule has 0 atom stereocenters. The van der Waals surface area contributed by atoms with Gasteiger partial charge in [0.05, 0.1) is 22.5 Å². The second kappa shape index (κ2) is 8.16. The van der Waals surface area contributed by atoms with E-state index < -0.39 is 6.61 Å². The minimum Gasteiger partial charge on any atom is -0.434 e. The Morgan fingerprint density at radius 1 is 1.10 bits per heavy atom. The maximum absolute atomic E-state index is 12.8. The lowest BCUT2D eigenvalue weighted by atomic mass is 10.1. The number of hydrogen-bond donors (Lipinski definition) is 1. The fourth-order valence-corrected chi connectivity index (χ4v) is 3.82. The standard InChI is InChI=1S/C22H17F2N3O2S/c1-12-7-8-17-14(9-12)10-16(13(2)25-17)20(28)27-22-26-18(11-30-22)15-5-3-4-6-19(15)29-21(23)24/h3-11,21H,1-2H3,(H,26,27,28). The van der Waals surface area contributed by atoms with Gasteiger partial charge in [0.2, 0.25) is 0 Å². The molecule has 0 aliphatic heterocycles. The van der Waals surface area contributed by atoms with Crippen molar-refractivity contribution in [2.45, 2.75) is 20.5 Å². The zero-order valence-corrected chi connectivity index (χ0v) is 17.0. The molecule has 30 heavy (non-hydrogen) atoms. The lowest BCUT2D eigenvalue weighted by Gasteiger charge is -2.09. The highest BCUT2D eigenvalue weighted by atomic mass is 32.1. The molecule has 2 aromatic heterocycles. The summed E-state index contributed by atoms with van der Waals surface area (Å²) < 4.78 is 29.9. The van der Waals surface area contributed by atoms with Crippen molar-refractivity contribution >= 4 is 33.3 Å². The molecule has 0 unspecified atom stereocenters. The van der Waals surface area contributed by atoms with Gasteiger partial charge in [-0.25, -0.2) is 4.98 Å². The van der Waals surface area contributed by atoms with E-state index in [2.05, 4.69) is 20.0 Å². The Labute approximate surface area is 175 Å². The third-order valence-electron chi connectivity index (χ3n) is 4.51. The molecular weight excluding hydrogens is 408 g/mol. The van der Waals surface area contributed by atoms with E-state index in [4.69, 9.17) is 0 Å². The van der Waals surface area contributed by atoms with E-state index in [1.165, 1.54) is 17.4 Å². The number of anilines is 1. The van der Waals surface area contributed by atoms with Crippen molar-refractivity contribution in [1.29, 1.82) is 0 Å². The van der Waals surface area contributed by atoms with Crippen LogP contribution in [-0.4, -0.2) is 22.5 Å². The summed E-state index contributed by atoms with van der Waals surface area (Å²) >= 11 is 1.20. The number of alkyl halides is 2. The molecule has 0 aliphatic rings. The summed E-state index contributed by atoms with van der Waals surface area (Å²) in [6, 6.07) is 14.1. The van der Waals surface area contributed by atoms with Gasteiger partial charge in [-0.05, 0) is 44.2 Å². The number of ether oxygens (including phenoxy) is 1. The van der Waals surface area contributed by atoms with Crippen LogP contribution in [0.3, 0.4) is 0 Å². The summed E-state index contributed by atoms with van der Waals surface area (Å²) in [7, 11) is 0. The van der Waals surface area contributed by atoms with Gasteiger partial charge in [0.25, 0.3) is 5.91 Å². The highest BCUT2D eigenvalue weighted by Crippen LogP contribution is 2.33. The molecule has 2 heterocycles. The van der Waals surface area contributed by atoms with Crippen LogP contribution in [0, 0.1) is 13.8 Å². The number of para-hydroxylation sites is 1. The van der Waals surface area contributed by atoms with Crippen LogP contribution in [0.2, 0.25) is 0 Å². The third-order valence-corrected chi connectivity index (χ3v) is 5.27. The van der Waals surface area contributed by atoms with Crippen LogP contribution < -0.4 is 10.1 Å². The van der Waals surface area contributed by atoms with Crippen LogP contribution in [0.25, 0.3) is 22.2 Å². The van der Waals surface area contributed by atoms with Crippen LogP contribution in [0.5, 0.6) is 5.75 Å². The van der Waals surface area contributed by atoms with Gasteiger partial charge in [-0.1, -0.05) is 23.8 Å². The normalized spacial score (nSPS) is 11.1. The molecule has 0 radical (unpaired) electrons. The monoisotopic (exact) mass is 425 g/mol. The van der Waals surface area contributed by atoms with Crippen LogP contribution in [-0.2, 0) is 0 Å². The van der Waals surface area contributed by atoms with Gasteiger partial charge >= 0.3 is 6.61 Å². The lowest BCUT2D eigenvalue weighted by Crippen LogP contribution is -2.14. The molecule has 0 saturated carbocycles. The summed E-state index contributed by atoms with van der Waals surface area (Å²) in [6.45, 7) is 0.821. The average molecular weight is 425 g/mol. The number of thiazole rings is 1. The molecule has 4 aromatic rings. The summed E-state index contributed by atoms with van der Waals surface area (Å²) in [5, 5.41) is 5.68. The van der Waals surface area contributed by atoms with Crippen LogP contribution in [0.4, 0.5) is 13.9 Å². The highest BCUT2D eigenvalue weighted by Gasteiger charge is 2.16. The van der Waals surface area contributed by atoms with E-state index in [9.17, 15) is 13.6 Å². The minimum absolute atomic E-state index is 0.0284. The van der Waals surface area contributed by atoms with Gasteiger partial charge in [-0.2, -0.15) is 8.78 Å². The van der Waals surface area contributed by atoms with E-state index in [0.717, 1.165) is 16.5 Å². The predicted octanol–water partition coefficient (Wildman–Crippen LogP) is 5.83. The van der Waals surface area contributed by atoms with Crippen molar-refractivity contribution in [3.8, 4) is 17.0 Å². The van der Waals surface area contributed by atoms with Crippen LogP contribution >= 0.6 is 11.3 Å². The Balaban J connectivity index is 1.60. The number of carbonyl (C=O) groups is 1. The molecule has 0 fully saturated rings. The van der Waals surface area contributed by atoms with Gasteiger partial charge in [0.1, 0.15) is 5.75 Å². The number of rotatable bonds is 5. The molecule has 8 heteroatoms. The van der Waals surface area contributed by atoms with Crippen molar-refractivity contribution in [2.24, 2.45) is 0 Å². The zero-order valence-electron chi connectivity index (χ0n) is 16.1. The Morgan fingerprint density at radius 2 is 1.90 bits per heavy atom.